The molecule has 27 heavy (non-hydrogen) atoms. The first-order valence-corrected chi connectivity index (χ1v) is 8.76. The van der Waals surface area contributed by atoms with Crippen molar-refractivity contribution in [3.05, 3.63) is 64.7 Å². The Morgan fingerprint density at radius 1 is 1.00 bits per heavy atom. The van der Waals surface area contributed by atoms with Gasteiger partial charge in [0.25, 0.3) is 5.91 Å². The van der Waals surface area contributed by atoms with Crippen LogP contribution < -0.4 is 10.1 Å². The molecule has 144 valence electrons. The van der Waals surface area contributed by atoms with Gasteiger partial charge < -0.3 is 20.3 Å². The quantitative estimate of drug-likeness (QED) is 0.599. The van der Waals surface area contributed by atoms with Crippen molar-refractivity contribution >= 4 is 23.3 Å². The van der Waals surface area contributed by atoms with Crippen molar-refractivity contribution in [1.82, 2.24) is 5.32 Å². The van der Waals surface area contributed by atoms with E-state index in [1.54, 1.807) is 62.4 Å². The van der Waals surface area contributed by atoms with E-state index in [9.17, 15) is 9.59 Å². The summed E-state index contributed by atoms with van der Waals surface area (Å²) in [5.41, 5.74) is -0.232. The molecule has 2 rings (SSSR count). The standard InChI is InChI=1S/C20H22ClNO5/c1-20(2,19(26)22-16(11-23)12-24)27-17-9-5-14(6-10-17)18(25)13-3-7-15(21)8-4-13/h3-10,16,23-24H,11-12H2,1-2H3,(H,22,26). The lowest BCUT2D eigenvalue weighted by Gasteiger charge is -2.27. The van der Waals surface area contributed by atoms with Gasteiger partial charge in [-0.3, -0.25) is 9.59 Å². The minimum Gasteiger partial charge on any atom is -0.478 e. The predicted octanol–water partition coefficient (Wildman–Crippen LogP) is 2.20. The summed E-state index contributed by atoms with van der Waals surface area (Å²) in [7, 11) is 0. The number of ether oxygens (including phenoxy) is 1. The molecule has 0 saturated heterocycles. The van der Waals surface area contributed by atoms with Crippen LogP contribution in [0.4, 0.5) is 0 Å². The van der Waals surface area contributed by atoms with Gasteiger partial charge in [-0.05, 0) is 62.4 Å². The summed E-state index contributed by atoms with van der Waals surface area (Å²) in [6.07, 6.45) is 0. The van der Waals surface area contributed by atoms with Crippen molar-refractivity contribution in [2.45, 2.75) is 25.5 Å². The van der Waals surface area contributed by atoms with Crippen molar-refractivity contribution in [1.29, 1.82) is 0 Å². The van der Waals surface area contributed by atoms with E-state index in [4.69, 9.17) is 26.6 Å². The number of rotatable bonds is 8. The molecule has 0 atom stereocenters. The number of carbonyl (C=O) groups excluding carboxylic acids is 2. The van der Waals surface area contributed by atoms with E-state index >= 15 is 0 Å². The summed E-state index contributed by atoms with van der Waals surface area (Å²) < 4.78 is 5.71. The lowest BCUT2D eigenvalue weighted by Crippen LogP contribution is -2.52. The number of carbonyl (C=O) groups is 2. The molecule has 0 spiro atoms. The van der Waals surface area contributed by atoms with Crippen LogP contribution in [0.5, 0.6) is 5.75 Å². The average Bonchev–Trinajstić information content (AvgIpc) is 2.66. The Bertz CT molecular complexity index is 783. The van der Waals surface area contributed by atoms with E-state index in [0.29, 0.717) is 21.9 Å². The first kappa shape index (κ1) is 20.9. The minimum atomic E-state index is -1.23. The van der Waals surface area contributed by atoms with Gasteiger partial charge in [-0.25, -0.2) is 0 Å². The highest BCUT2D eigenvalue weighted by atomic mass is 35.5. The SMILES string of the molecule is CC(C)(Oc1ccc(C(=O)c2ccc(Cl)cc2)cc1)C(=O)NC(CO)CO. The Kier molecular flexibility index (Phi) is 6.96. The molecule has 0 aromatic heterocycles. The highest BCUT2D eigenvalue weighted by Crippen LogP contribution is 2.21. The van der Waals surface area contributed by atoms with Crippen LogP contribution in [0, 0.1) is 0 Å². The first-order chi connectivity index (χ1) is 12.8. The van der Waals surface area contributed by atoms with Crippen molar-refractivity contribution in [3.63, 3.8) is 0 Å². The van der Waals surface area contributed by atoms with Crippen molar-refractivity contribution in [2.24, 2.45) is 0 Å². The third-order valence-corrected chi connectivity index (χ3v) is 4.17. The van der Waals surface area contributed by atoms with Gasteiger partial charge in [-0.15, -0.1) is 0 Å². The third kappa shape index (κ3) is 5.53. The van der Waals surface area contributed by atoms with Gasteiger partial charge in [0.15, 0.2) is 11.4 Å². The fourth-order valence-electron chi connectivity index (χ4n) is 2.29. The Labute approximate surface area is 162 Å². The molecular formula is C20H22ClNO5. The monoisotopic (exact) mass is 391 g/mol. The van der Waals surface area contributed by atoms with Gasteiger partial charge in [0.05, 0.1) is 19.3 Å². The van der Waals surface area contributed by atoms with Crippen molar-refractivity contribution in [2.75, 3.05) is 13.2 Å². The highest BCUT2D eigenvalue weighted by molar-refractivity contribution is 6.30. The molecule has 2 aromatic carbocycles. The number of aliphatic hydroxyl groups is 2. The van der Waals surface area contributed by atoms with Crippen LogP contribution in [0.3, 0.4) is 0 Å². The maximum atomic E-state index is 12.5. The van der Waals surface area contributed by atoms with Crippen LogP contribution in [0.1, 0.15) is 29.8 Å². The maximum Gasteiger partial charge on any atom is 0.263 e. The summed E-state index contributed by atoms with van der Waals surface area (Å²) >= 11 is 5.83. The summed E-state index contributed by atoms with van der Waals surface area (Å²) in [6.45, 7) is 2.39. The number of amides is 1. The lowest BCUT2D eigenvalue weighted by molar-refractivity contribution is -0.135. The number of nitrogens with one attached hydrogen (secondary N) is 1. The molecule has 0 aliphatic rings. The molecule has 0 bridgehead atoms. The molecule has 7 heteroatoms. The molecule has 0 aliphatic carbocycles. The second-order valence-electron chi connectivity index (χ2n) is 6.51. The van der Waals surface area contributed by atoms with Gasteiger partial charge in [0.2, 0.25) is 0 Å². The number of halogens is 1. The summed E-state index contributed by atoms with van der Waals surface area (Å²) in [6, 6.07) is 12.3. The highest BCUT2D eigenvalue weighted by Gasteiger charge is 2.31. The molecule has 0 saturated carbocycles. The number of benzene rings is 2. The van der Waals surface area contributed by atoms with Crippen LogP contribution >= 0.6 is 11.6 Å². The zero-order valence-electron chi connectivity index (χ0n) is 15.1. The Morgan fingerprint density at radius 3 is 1.96 bits per heavy atom. The second kappa shape index (κ2) is 8.99. The van der Waals surface area contributed by atoms with Crippen molar-refractivity contribution in [3.8, 4) is 5.75 Å². The summed E-state index contributed by atoms with van der Waals surface area (Å²) in [5.74, 6) is -0.215. The summed E-state index contributed by atoms with van der Waals surface area (Å²) in [4.78, 5) is 24.7. The van der Waals surface area contributed by atoms with E-state index in [1.807, 2.05) is 0 Å². The van der Waals surface area contributed by atoms with Crippen LogP contribution in [0.2, 0.25) is 5.02 Å². The molecule has 0 fully saturated rings. The second-order valence-corrected chi connectivity index (χ2v) is 6.94. The topological polar surface area (TPSA) is 95.9 Å². The Hall–Kier alpha value is -2.41. The van der Waals surface area contributed by atoms with Gasteiger partial charge in [-0.2, -0.15) is 0 Å². The van der Waals surface area contributed by atoms with Crippen LogP contribution in [0.25, 0.3) is 0 Å². The molecule has 2 aromatic rings. The first-order valence-electron chi connectivity index (χ1n) is 8.39. The Balaban J connectivity index is 2.07. The molecule has 0 radical (unpaired) electrons. The van der Waals surface area contributed by atoms with Crippen LogP contribution in [0.15, 0.2) is 48.5 Å². The van der Waals surface area contributed by atoms with Crippen LogP contribution in [-0.2, 0) is 4.79 Å². The van der Waals surface area contributed by atoms with Gasteiger partial charge in [0.1, 0.15) is 5.75 Å². The molecule has 0 unspecified atom stereocenters. The minimum absolute atomic E-state index is 0.149. The maximum absolute atomic E-state index is 12.5. The fourth-order valence-corrected chi connectivity index (χ4v) is 2.42. The van der Waals surface area contributed by atoms with Gasteiger partial charge in [0, 0.05) is 16.1 Å². The summed E-state index contributed by atoms with van der Waals surface area (Å²) in [5, 5.41) is 21.2. The normalized spacial score (nSPS) is 11.3. The van der Waals surface area contributed by atoms with E-state index in [2.05, 4.69) is 5.32 Å². The fraction of sp³-hybridized carbons (Fsp3) is 0.300. The van der Waals surface area contributed by atoms with Crippen molar-refractivity contribution < 1.29 is 24.5 Å². The van der Waals surface area contributed by atoms with Gasteiger partial charge in [-0.1, -0.05) is 11.6 Å². The number of hydrogen-bond donors (Lipinski definition) is 3. The molecule has 1 amide bonds. The zero-order chi connectivity index (χ0) is 20.0. The van der Waals surface area contributed by atoms with E-state index in [1.165, 1.54) is 0 Å². The van der Waals surface area contributed by atoms with E-state index < -0.39 is 17.6 Å². The van der Waals surface area contributed by atoms with Crippen LogP contribution in [-0.4, -0.2) is 46.8 Å². The van der Waals surface area contributed by atoms with Gasteiger partial charge >= 0.3 is 0 Å². The van der Waals surface area contributed by atoms with E-state index in [-0.39, 0.29) is 19.0 Å². The number of hydrogen-bond acceptors (Lipinski definition) is 5. The molecule has 6 nitrogen and oxygen atoms in total. The third-order valence-electron chi connectivity index (χ3n) is 3.92. The largest absolute Gasteiger partial charge is 0.478 e. The zero-order valence-corrected chi connectivity index (χ0v) is 15.9. The molecule has 0 aliphatic heterocycles. The number of ketones is 1. The molecule has 0 heterocycles. The molecular weight excluding hydrogens is 370 g/mol. The van der Waals surface area contributed by atoms with E-state index in [0.717, 1.165) is 0 Å². The number of aliphatic hydroxyl groups excluding tert-OH is 2. The Morgan fingerprint density at radius 2 is 1.48 bits per heavy atom. The average molecular weight is 392 g/mol. The lowest BCUT2D eigenvalue weighted by atomic mass is 10.0. The molecule has 3 N–H and O–H groups in total. The predicted molar refractivity (Wildman–Crippen MR) is 102 cm³/mol. The smallest absolute Gasteiger partial charge is 0.263 e.